The molecular formula is C8H8F3IN2O6S. The molecule has 0 saturated heterocycles. The molecule has 0 aliphatic heterocycles. The van der Waals surface area contributed by atoms with Crippen LogP contribution in [0.15, 0.2) is 12.4 Å². The van der Waals surface area contributed by atoms with Crippen molar-refractivity contribution in [3.8, 4) is 0 Å². The third-order valence-electron chi connectivity index (χ3n) is 1.60. The van der Waals surface area contributed by atoms with E-state index in [-0.39, 0.29) is 7.66 Å². The van der Waals surface area contributed by atoms with Gasteiger partial charge in [0.05, 0.1) is 0 Å². The Kier molecular flexibility index (Phi) is 5.19. The second-order valence-corrected chi connectivity index (χ2v) is 8.49. The summed E-state index contributed by atoms with van der Waals surface area (Å²) in [5, 5.41) is 3.06. The number of aromatic nitrogens is 2. The first-order chi connectivity index (χ1) is 9.45. The zero-order valence-corrected chi connectivity index (χ0v) is 13.4. The van der Waals surface area contributed by atoms with Crippen molar-refractivity contribution in [2.24, 2.45) is 0 Å². The topological polar surface area (TPSA) is 105 Å². The molecule has 1 rings (SSSR count). The molecule has 21 heavy (non-hydrogen) atoms. The van der Waals surface area contributed by atoms with E-state index >= 15 is 0 Å². The standard InChI is InChI=1S/C8H8F3IN2O6S/c1-5(15)19-12(20-6(2)16)7-3-13-14(4-7)21(17,18)8(9,10)11/h3-4H,1-2H3. The van der Waals surface area contributed by atoms with Crippen molar-refractivity contribution in [2.45, 2.75) is 19.4 Å². The van der Waals surface area contributed by atoms with E-state index in [9.17, 15) is 31.2 Å². The molecule has 0 aliphatic carbocycles. The predicted molar refractivity (Wildman–Crippen MR) is 68.8 cm³/mol. The van der Waals surface area contributed by atoms with Crippen LogP contribution in [0.1, 0.15) is 13.8 Å². The average molecular weight is 444 g/mol. The Morgan fingerprint density at radius 1 is 1.24 bits per heavy atom. The van der Waals surface area contributed by atoms with Crippen LogP contribution >= 0.6 is 20.6 Å². The number of hydrogen-bond donors (Lipinski definition) is 0. The van der Waals surface area contributed by atoms with Crippen LogP contribution in [0.3, 0.4) is 0 Å². The number of carbonyl (C=O) groups is 2. The number of rotatable bonds is 4. The molecule has 0 N–H and O–H groups in total. The monoisotopic (exact) mass is 444 g/mol. The zero-order chi connectivity index (χ0) is 16.4. The van der Waals surface area contributed by atoms with Crippen molar-refractivity contribution in [3.63, 3.8) is 0 Å². The Hall–Kier alpha value is -1.38. The van der Waals surface area contributed by atoms with E-state index in [1.165, 1.54) is 0 Å². The first-order valence-corrected chi connectivity index (χ1v) is 9.18. The molecule has 1 aromatic heterocycles. The summed E-state index contributed by atoms with van der Waals surface area (Å²) < 4.78 is 68.1. The van der Waals surface area contributed by atoms with E-state index in [4.69, 9.17) is 6.13 Å². The fourth-order valence-corrected chi connectivity index (χ4v) is 4.30. The van der Waals surface area contributed by atoms with Crippen molar-refractivity contribution in [1.82, 2.24) is 9.19 Å². The van der Waals surface area contributed by atoms with E-state index in [1.54, 1.807) is 0 Å². The van der Waals surface area contributed by atoms with Gasteiger partial charge in [0, 0.05) is 0 Å². The molecular weight excluding hydrogens is 436 g/mol. The fraction of sp³-hybridized carbons (Fsp3) is 0.375. The number of alkyl halides is 3. The molecule has 0 unspecified atom stereocenters. The van der Waals surface area contributed by atoms with Crippen LogP contribution in [0.4, 0.5) is 13.2 Å². The summed E-state index contributed by atoms with van der Waals surface area (Å²) in [7, 11) is -5.70. The van der Waals surface area contributed by atoms with Crippen LogP contribution in [0.5, 0.6) is 0 Å². The first kappa shape index (κ1) is 17.7. The van der Waals surface area contributed by atoms with Gasteiger partial charge < -0.3 is 0 Å². The van der Waals surface area contributed by atoms with Gasteiger partial charge in [0.1, 0.15) is 0 Å². The summed E-state index contributed by atoms with van der Waals surface area (Å²) in [5.41, 5.74) is -5.54. The van der Waals surface area contributed by atoms with Crippen LogP contribution in [0, 0.1) is 3.57 Å². The van der Waals surface area contributed by atoms with Gasteiger partial charge in [0.2, 0.25) is 0 Å². The van der Waals surface area contributed by atoms with E-state index in [2.05, 4.69) is 5.10 Å². The maximum atomic E-state index is 12.3. The summed E-state index contributed by atoms with van der Waals surface area (Å²) in [6.07, 6.45) is 1.24. The maximum absolute atomic E-state index is 12.3. The van der Waals surface area contributed by atoms with Crippen molar-refractivity contribution in [3.05, 3.63) is 16.0 Å². The van der Waals surface area contributed by atoms with Crippen LogP contribution in [0.25, 0.3) is 0 Å². The zero-order valence-electron chi connectivity index (χ0n) is 10.4. The SMILES string of the molecule is CC(=O)OI(OC(C)=O)c1cnn(S(=O)(=O)C(F)(F)F)c1. The molecule has 0 aliphatic rings. The molecule has 0 saturated carbocycles. The predicted octanol–water partition coefficient (Wildman–Crippen LogP) is 1.21. The Morgan fingerprint density at radius 3 is 2.10 bits per heavy atom. The molecule has 0 fully saturated rings. The van der Waals surface area contributed by atoms with Crippen LogP contribution in [-0.4, -0.2) is 35.1 Å². The van der Waals surface area contributed by atoms with Gasteiger partial charge >= 0.3 is 124 Å². The number of nitrogens with zero attached hydrogens (tertiary/aromatic N) is 2. The van der Waals surface area contributed by atoms with E-state index in [0.717, 1.165) is 20.0 Å². The minimum atomic E-state index is -5.70. The molecule has 0 atom stereocenters. The third kappa shape index (κ3) is 4.29. The van der Waals surface area contributed by atoms with E-state index < -0.39 is 48.1 Å². The van der Waals surface area contributed by atoms with Gasteiger partial charge in [-0.15, -0.1) is 0 Å². The van der Waals surface area contributed by atoms with Crippen molar-refractivity contribution in [1.29, 1.82) is 0 Å². The molecule has 0 bridgehead atoms. The third-order valence-corrected chi connectivity index (χ3v) is 6.49. The van der Waals surface area contributed by atoms with Crippen molar-refractivity contribution in [2.75, 3.05) is 0 Å². The van der Waals surface area contributed by atoms with Crippen LogP contribution in [-0.2, 0) is 25.7 Å². The summed E-state index contributed by atoms with van der Waals surface area (Å²) in [5.74, 6) is -1.65. The Morgan fingerprint density at radius 2 is 1.71 bits per heavy atom. The van der Waals surface area contributed by atoms with Gasteiger partial charge in [-0.1, -0.05) is 0 Å². The van der Waals surface area contributed by atoms with Crippen molar-refractivity contribution < 1.29 is 37.3 Å². The molecule has 0 aromatic carbocycles. The second-order valence-electron chi connectivity index (χ2n) is 3.34. The van der Waals surface area contributed by atoms with E-state index in [0.29, 0.717) is 6.20 Å². The molecule has 13 heteroatoms. The summed E-state index contributed by atoms with van der Waals surface area (Å²) in [6.45, 7) is 2.01. The van der Waals surface area contributed by atoms with Gasteiger partial charge in [-0.2, -0.15) is 0 Å². The van der Waals surface area contributed by atoms with Crippen LogP contribution in [0.2, 0.25) is 0 Å². The molecule has 0 radical (unpaired) electrons. The Balaban J connectivity index is 3.15. The van der Waals surface area contributed by atoms with Gasteiger partial charge in [0.25, 0.3) is 0 Å². The normalized spacial score (nSPS) is 12.7. The molecule has 1 heterocycles. The summed E-state index contributed by atoms with van der Waals surface area (Å²) in [4.78, 5) is 21.7. The summed E-state index contributed by atoms with van der Waals surface area (Å²) in [6, 6.07) is 0. The molecule has 0 amide bonds. The summed E-state index contributed by atoms with van der Waals surface area (Å²) >= 11 is -3.42. The second kappa shape index (κ2) is 6.17. The molecule has 8 nitrogen and oxygen atoms in total. The quantitative estimate of drug-likeness (QED) is 0.644. The van der Waals surface area contributed by atoms with Gasteiger partial charge in [0.15, 0.2) is 0 Å². The van der Waals surface area contributed by atoms with E-state index in [1.807, 2.05) is 0 Å². The first-order valence-electron chi connectivity index (χ1n) is 4.89. The van der Waals surface area contributed by atoms with Gasteiger partial charge in [-0.25, -0.2) is 0 Å². The molecule has 120 valence electrons. The number of halogens is 4. The molecule has 1 aromatic rings. The minimum absolute atomic E-state index is 0.197. The Bertz CT molecular complexity index is 639. The number of carbonyl (C=O) groups excluding carboxylic acids is 2. The average Bonchev–Trinajstić information content (AvgIpc) is 2.74. The van der Waals surface area contributed by atoms with Gasteiger partial charge in [-0.3, -0.25) is 0 Å². The van der Waals surface area contributed by atoms with Crippen molar-refractivity contribution >= 4 is 42.6 Å². The van der Waals surface area contributed by atoms with Crippen LogP contribution < -0.4 is 0 Å². The Labute approximate surface area is 124 Å². The van der Waals surface area contributed by atoms with Gasteiger partial charge in [-0.05, 0) is 0 Å². The fourth-order valence-electron chi connectivity index (χ4n) is 0.904. The number of hydrogen-bond acceptors (Lipinski definition) is 7. The molecule has 0 spiro atoms.